The average molecular weight is 438 g/mol. The minimum absolute atomic E-state index is 0.0938. The van der Waals surface area contributed by atoms with Crippen LogP contribution < -0.4 is 9.64 Å². The van der Waals surface area contributed by atoms with E-state index in [1.165, 1.54) is 24.3 Å². The van der Waals surface area contributed by atoms with Crippen LogP contribution in [0.3, 0.4) is 0 Å². The van der Waals surface area contributed by atoms with Crippen molar-refractivity contribution in [1.29, 1.82) is 0 Å². The second-order valence-electron chi connectivity index (χ2n) is 8.52. The third kappa shape index (κ3) is 3.16. The van der Waals surface area contributed by atoms with E-state index in [1.54, 1.807) is 0 Å². The zero-order valence-corrected chi connectivity index (χ0v) is 16.9. The summed E-state index contributed by atoms with van der Waals surface area (Å²) in [5, 5.41) is 11.3. The van der Waals surface area contributed by atoms with E-state index < -0.39 is 23.1 Å². The van der Waals surface area contributed by atoms with Gasteiger partial charge < -0.3 is 4.74 Å². The average Bonchev–Trinajstić information content (AvgIpc) is 3.46. The number of non-ortho nitro benzene ring substituents is 1. The molecule has 9 heteroatoms. The minimum Gasteiger partial charge on any atom is -0.483 e. The van der Waals surface area contributed by atoms with Crippen LogP contribution in [0.5, 0.6) is 5.75 Å². The molecule has 3 fully saturated rings. The van der Waals surface area contributed by atoms with Gasteiger partial charge in [-0.25, -0.2) is 9.29 Å². The van der Waals surface area contributed by atoms with Crippen LogP contribution >= 0.6 is 0 Å². The molecular weight excluding hydrogens is 419 g/mol. The Hall–Kier alpha value is -3.62. The third-order valence-corrected chi connectivity index (χ3v) is 6.85. The maximum absolute atomic E-state index is 13.2. The highest BCUT2D eigenvalue weighted by Crippen LogP contribution is 2.57. The summed E-state index contributed by atoms with van der Waals surface area (Å²) < 4.78 is 18.7. The van der Waals surface area contributed by atoms with Crippen LogP contribution in [-0.2, 0) is 9.59 Å². The molecule has 2 saturated carbocycles. The smallest absolute Gasteiger partial charge is 0.273 e. The minimum atomic E-state index is -0.624. The van der Waals surface area contributed by atoms with E-state index in [1.807, 2.05) is 0 Å². The molecule has 164 valence electrons. The maximum Gasteiger partial charge on any atom is 0.273 e. The van der Waals surface area contributed by atoms with Crippen molar-refractivity contribution < 1.29 is 28.4 Å². The van der Waals surface area contributed by atoms with Crippen molar-refractivity contribution in [1.82, 2.24) is 0 Å². The lowest BCUT2D eigenvalue weighted by Crippen LogP contribution is -2.33. The summed E-state index contributed by atoms with van der Waals surface area (Å²) in [6.07, 6.45) is 2.74. The molecule has 2 aliphatic carbocycles. The Morgan fingerprint density at radius 1 is 1.06 bits per heavy atom. The number of amides is 2. The summed E-state index contributed by atoms with van der Waals surface area (Å²) in [5.41, 5.74) is 0.0152. The number of carbonyl (C=O) groups is 3. The number of carbonyl (C=O) groups excluding carboxylic acids is 3. The fourth-order valence-corrected chi connectivity index (χ4v) is 5.43. The predicted molar refractivity (Wildman–Crippen MR) is 110 cm³/mol. The van der Waals surface area contributed by atoms with E-state index in [0.29, 0.717) is 0 Å². The molecule has 1 aliphatic heterocycles. The molecule has 0 spiro atoms. The highest BCUT2D eigenvalue weighted by atomic mass is 19.1. The SMILES string of the molecule is O=C(COc1cc([N+](=O)[O-])ccc1N1C(=O)[C@@H]2[C@H]3CC[C@@H](C3)[C@@H]2C1=O)c1ccc(F)cc1. The molecule has 0 aromatic heterocycles. The number of anilines is 1. The Morgan fingerprint density at radius 3 is 2.28 bits per heavy atom. The van der Waals surface area contributed by atoms with Crippen LogP contribution in [0.2, 0.25) is 0 Å². The topological polar surface area (TPSA) is 107 Å². The van der Waals surface area contributed by atoms with Crippen molar-refractivity contribution in [3.63, 3.8) is 0 Å². The molecule has 3 aliphatic rings. The van der Waals surface area contributed by atoms with E-state index in [9.17, 15) is 28.9 Å². The molecule has 4 atom stereocenters. The lowest BCUT2D eigenvalue weighted by atomic mass is 9.81. The van der Waals surface area contributed by atoms with Crippen LogP contribution in [-0.4, -0.2) is 29.1 Å². The van der Waals surface area contributed by atoms with Crippen LogP contribution in [0.25, 0.3) is 0 Å². The van der Waals surface area contributed by atoms with Crippen molar-refractivity contribution in [3.8, 4) is 5.75 Å². The van der Waals surface area contributed by atoms with E-state index in [2.05, 4.69) is 0 Å². The van der Waals surface area contributed by atoms with Crippen molar-refractivity contribution in [2.24, 2.45) is 23.7 Å². The van der Waals surface area contributed by atoms with E-state index in [0.717, 1.165) is 42.4 Å². The van der Waals surface area contributed by atoms with Gasteiger partial charge in [0.1, 0.15) is 5.82 Å². The molecule has 5 rings (SSSR count). The van der Waals surface area contributed by atoms with E-state index in [-0.39, 0.29) is 58.2 Å². The summed E-state index contributed by atoms with van der Waals surface area (Å²) in [7, 11) is 0. The van der Waals surface area contributed by atoms with Gasteiger partial charge in [-0.15, -0.1) is 0 Å². The fourth-order valence-electron chi connectivity index (χ4n) is 5.43. The number of nitrogens with zero attached hydrogens (tertiary/aromatic N) is 2. The molecule has 0 N–H and O–H groups in total. The zero-order chi connectivity index (χ0) is 22.6. The van der Waals surface area contributed by atoms with Gasteiger partial charge in [-0.3, -0.25) is 24.5 Å². The van der Waals surface area contributed by atoms with Gasteiger partial charge in [-0.2, -0.15) is 0 Å². The second kappa shape index (κ2) is 7.51. The number of halogens is 1. The van der Waals surface area contributed by atoms with Gasteiger partial charge in [0.25, 0.3) is 5.69 Å². The summed E-state index contributed by atoms with van der Waals surface area (Å²) in [4.78, 5) is 50.5. The maximum atomic E-state index is 13.2. The van der Waals surface area contributed by atoms with E-state index in [4.69, 9.17) is 4.74 Å². The number of rotatable bonds is 6. The number of ether oxygens (including phenoxy) is 1. The first-order valence-corrected chi connectivity index (χ1v) is 10.4. The van der Waals surface area contributed by atoms with Gasteiger partial charge >= 0.3 is 0 Å². The van der Waals surface area contributed by atoms with Crippen molar-refractivity contribution in [2.75, 3.05) is 11.5 Å². The number of nitro benzene ring substituents is 1. The Labute approximate surface area is 182 Å². The summed E-state index contributed by atoms with van der Waals surface area (Å²) >= 11 is 0. The number of fused-ring (bicyclic) bond motifs is 5. The quantitative estimate of drug-likeness (QED) is 0.296. The van der Waals surface area contributed by atoms with Gasteiger partial charge in [0, 0.05) is 11.6 Å². The Balaban J connectivity index is 1.44. The number of hydrogen-bond acceptors (Lipinski definition) is 6. The van der Waals surface area contributed by atoms with Crippen LogP contribution in [0.1, 0.15) is 29.6 Å². The zero-order valence-electron chi connectivity index (χ0n) is 16.9. The first kappa shape index (κ1) is 20.3. The molecule has 8 nitrogen and oxygen atoms in total. The molecule has 32 heavy (non-hydrogen) atoms. The fraction of sp³-hybridized carbons (Fsp3) is 0.348. The molecule has 2 aromatic carbocycles. The number of hydrogen-bond donors (Lipinski definition) is 0. The molecule has 1 heterocycles. The largest absolute Gasteiger partial charge is 0.483 e. The van der Waals surface area contributed by atoms with Crippen molar-refractivity contribution in [2.45, 2.75) is 19.3 Å². The van der Waals surface area contributed by atoms with Gasteiger partial charge in [-0.05, 0) is 61.4 Å². The Kier molecular flexibility index (Phi) is 4.76. The van der Waals surface area contributed by atoms with Crippen molar-refractivity contribution in [3.05, 3.63) is 64.0 Å². The van der Waals surface area contributed by atoms with Gasteiger partial charge in [0.2, 0.25) is 11.8 Å². The standard InChI is InChI=1S/C23H19FN2O6/c24-15-5-3-12(4-6-15)18(27)11-32-19-10-16(26(30)31)7-8-17(19)25-22(28)20-13-1-2-14(9-13)21(20)23(25)29/h3-8,10,13-14,20-21H,1-2,9,11H2/t13-,14-,20-,21+/m0/s1. The van der Waals surface area contributed by atoms with Gasteiger partial charge in [-0.1, -0.05) is 0 Å². The molecule has 0 radical (unpaired) electrons. The highest BCUT2D eigenvalue weighted by molar-refractivity contribution is 6.23. The van der Waals surface area contributed by atoms with Gasteiger partial charge in [0.05, 0.1) is 28.5 Å². The Morgan fingerprint density at radius 2 is 1.69 bits per heavy atom. The third-order valence-electron chi connectivity index (χ3n) is 6.85. The molecule has 2 bridgehead atoms. The molecule has 0 unspecified atom stereocenters. The monoisotopic (exact) mass is 438 g/mol. The van der Waals surface area contributed by atoms with Gasteiger partial charge in [0.15, 0.2) is 18.1 Å². The summed E-state index contributed by atoms with van der Waals surface area (Å²) in [6.45, 7) is -0.492. The van der Waals surface area contributed by atoms with Crippen LogP contribution in [0.15, 0.2) is 42.5 Å². The van der Waals surface area contributed by atoms with Crippen LogP contribution in [0, 0.1) is 39.6 Å². The second-order valence-corrected chi connectivity index (χ2v) is 8.52. The number of ketones is 1. The number of nitro groups is 1. The molecular formula is C23H19FN2O6. The summed E-state index contributed by atoms with van der Waals surface area (Å²) in [5.74, 6) is -2.02. The lowest BCUT2D eigenvalue weighted by molar-refractivity contribution is -0.384. The molecule has 2 amide bonds. The Bertz CT molecular complexity index is 1120. The molecule has 1 saturated heterocycles. The molecule has 2 aromatic rings. The number of benzene rings is 2. The van der Waals surface area contributed by atoms with Crippen molar-refractivity contribution >= 4 is 29.0 Å². The highest BCUT2D eigenvalue weighted by Gasteiger charge is 2.61. The predicted octanol–water partition coefficient (Wildman–Crippen LogP) is 3.53. The number of Topliss-reactive ketones (excluding diaryl/α,β-unsaturated/α-hetero) is 1. The number of imide groups is 1. The first-order chi connectivity index (χ1) is 15.3. The normalized spacial score (nSPS) is 25.8. The summed E-state index contributed by atoms with van der Waals surface area (Å²) in [6, 6.07) is 8.51. The first-order valence-electron chi connectivity index (χ1n) is 10.4. The lowest BCUT2D eigenvalue weighted by Gasteiger charge is -2.20. The van der Waals surface area contributed by atoms with E-state index >= 15 is 0 Å². The van der Waals surface area contributed by atoms with Crippen LogP contribution in [0.4, 0.5) is 15.8 Å².